The molecule has 1 N–H and O–H groups in total. The predicted octanol–water partition coefficient (Wildman–Crippen LogP) is 3.01. The van der Waals surface area contributed by atoms with Gasteiger partial charge in [0.2, 0.25) is 0 Å². The third kappa shape index (κ3) is 3.48. The second kappa shape index (κ2) is 6.42. The molecule has 0 aliphatic heterocycles. The predicted molar refractivity (Wildman–Crippen MR) is 71.7 cm³/mol. The third-order valence-corrected chi connectivity index (χ3v) is 4.02. The first kappa shape index (κ1) is 12.9. The maximum Gasteiger partial charge on any atom is 0.339 e. The topological polar surface area (TPSA) is 59.4 Å². The number of hydrogen-bond donors (Lipinski definition) is 1. The van der Waals surface area contributed by atoms with Gasteiger partial charge in [-0.25, -0.2) is 9.78 Å². The summed E-state index contributed by atoms with van der Waals surface area (Å²) in [7, 11) is 0. The smallest absolute Gasteiger partial charge is 0.339 e. The van der Waals surface area contributed by atoms with Crippen molar-refractivity contribution >= 4 is 29.1 Å². The Kier molecular flexibility index (Phi) is 4.60. The van der Waals surface area contributed by atoms with Crippen molar-refractivity contribution in [3.05, 3.63) is 41.4 Å². The highest BCUT2D eigenvalue weighted by molar-refractivity contribution is 8.01. The highest BCUT2D eigenvalue weighted by Gasteiger charge is 2.09. The molecule has 4 nitrogen and oxygen atoms in total. The lowest BCUT2D eigenvalue weighted by Crippen LogP contribution is -2.05. The third-order valence-electron chi connectivity index (χ3n) is 2.09. The minimum Gasteiger partial charge on any atom is -0.492 e. The van der Waals surface area contributed by atoms with Crippen LogP contribution in [0.2, 0.25) is 0 Å². The molecule has 0 saturated carbocycles. The molecule has 6 heteroatoms. The van der Waals surface area contributed by atoms with Crippen LogP contribution in [0.15, 0.2) is 40.2 Å². The van der Waals surface area contributed by atoms with E-state index in [-0.39, 0.29) is 5.56 Å². The van der Waals surface area contributed by atoms with E-state index >= 15 is 0 Å². The van der Waals surface area contributed by atoms with Gasteiger partial charge in [0, 0.05) is 17.3 Å². The molecule has 0 aliphatic carbocycles. The van der Waals surface area contributed by atoms with Gasteiger partial charge in [-0.2, -0.15) is 0 Å². The summed E-state index contributed by atoms with van der Waals surface area (Å²) in [5.41, 5.74) is 0.191. The zero-order chi connectivity index (χ0) is 12.8. The minimum atomic E-state index is -0.974. The Morgan fingerprint density at radius 2 is 2.28 bits per heavy atom. The van der Waals surface area contributed by atoms with E-state index in [1.807, 2.05) is 5.38 Å². The molecule has 18 heavy (non-hydrogen) atoms. The molecule has 0 radical (unpaired) electrons. The van der Waals surface area contributed by atoms with E-state index < -0.39 is 5.97 Å². The van der Waals surface area contributed by atoms with E-state index in [0.29, 0.717) is 12.4 Å². The standard InChI is InChI=1S/C12H11NO3S2/c14-11(15)9-3-1-2-4-10(9)16-6-8-18-12-13-5-7-17-12/h1-5,7H,6,8H2,(H,14,15). The van der Waals surface area contributed by atoms with Gasteiger partial charge in [0.1, 0.15) is 15.7 Å². The normalized spacial score (nSPS) is 10.2. The van der Waals surface area contributed by atoms with Crippen molar-refractivity contribution in [2.45, 2.75) is 4.34 Å². The Hall–Kier alpha value is -1.53. The van der Waals surface area contributed by atoms with Gasteiger partial charge in [0.05, 0.1) is 6.61 Å². The summed E-state index contributed by atoms with van der Waals surface area (Å²) in [5, 5.41) is 10.9. The average Bonchev–Trinajstić information content (AvgIpc) is 2.88. The summed E-state index contributed by atoms with van der Waals surface area (Å²) in [6.45, 7) is 0.453. The van der Waals surface area contributed by atoms with Gasteiger partial charge >= 0.3 is 5.97 Å². The molecule has 0 amide bonds. The molecular weight excluding hydrogens is 270 g/mol. The van der Waals surface area contributed by atoms with E-state index in [9.17, 15) is 4.79 Å². The zero-order valence-electron chi connectivity index (χ0n) is 9.41. The Labute approximate surface area is 113 Å². The van der Waals surface area contributed by atoms with Crippen LogP contribution in [0, 0.1) is 0 Å². The van der Waals surface area contributed by atoms with Gasteiger partial charge in [0.15, 0.2) is 0 Å². The first-order chi connectivity index (χ1) is 8.77. The number of aromatic carboxylic acids is 1. The first-order valence-electron chi connectivity index (χ1n) is 5.25. The molecule has 0 atom stereocenters. The molecule has 1 aromatic heterocycles. The van der Waals surface area contributed by atoms with Crippen LogP contribution in [-0.2, 0) is 0 Å². The fraction of sp³-hybridized carbons (Fsp3) is 0.167. The van der Waals surface area contributed by atoms with E-state index in [1.54, 1.807) is 47.5 Å². The summed E-state index contributed by atoms with van der Waals surface area (Å²) < 4.78 is 6.46. The number of thioether (sulfide) groups is 1. The molecule has 0 spiro atoms. The van der Waals surface area contributed by atoms with Crippen LogP contribution < -0.4 is 4.74 Å². The molecule has 94 valence electrons. The number of thiazole rings is 1. The number of ether oxygens (including phenoxy) is 1. The van der Waals surface area contributed by atoms with E-state index in [2.05, 4.69) is 4.98 Å². The highest BCUT2D eigenvalue weighted by Crippen LogP contribution is 2.21. The number of hydrogen-bond acceptors (Lipinski definition) is 5. The molecule has 0 aliphatic rings. The molecule has 0 saturated heterocycles. The SMILES string of the molecule is O=C(O)c1ccccc1OCCSc1nccs1. The molecule has 0 bridgehead atoms. The number of carbonyl (C=O) groups is 1. The van der Waals surface area contributed by atoms with Crippen molar-refractivity contribution in [1.29, 1.82) is 0 Å². The first-order valence-corrected chi connectivity index (χ1v) is 7.11. The number of rotatable bonds is 6. The lowest BCUT2D eigenvalue weighted by atomic mass is 10.2. The minimum absolute atomic E-state index is 0.191. The summed E-state index contributed by atoms with van der Waals surface area (Å²) in [6, 6.07) is 6.64. The lowest BCUT2D eigenvalue weighted by molar-refractivity contribution is 0.0692. The number of carboxylic acid groups (broad SMARTS) is 1. The van der Waals surface area contributed by atoms with Gasteiger partial charge in [0.25, 0.3) is 0 Å². The van der Waals surface area contributed by atoms with Crippen LogP contribution in [0.3, 0.4) is 0 Å². The molecule has 1 aromatic carbocycles. The fourth-order valence-corrected chi connectivity index (χ4v) is 2.86. The Bertz CT molecular complexity index is 514. The number of benzene rings is 1. The Balaban J connectivity index is 1.85. The van der Waals surface area contributed by atoms with Crippen LogP contribution in [0.4, 0.5) is 0 Å². The largest absolute Gasteiger partial charge is 0.492 e. The number of nitrogens with zero attached hydrogens (tertiary/aromatic N) is 1. The Morgan fingerprint density at radius 1 is 1.44 bits per heavy atom. The summed E-state index contributed by atoms with van der Waals surface area (Å²) >= 11 is 3.17. The average molecular weight is 281 g/mol. The second-order valence-electron chi connectivity index (χ2n) is 3.30. The van der Waals surface area contributed by atoms with Gasteiger partial charge in [-0.3, -0.25) is 0 Å². The van der Waals surface area contributed by atoms with Gasteiger partial charge in [-0.05, 0) is 12.1 Å². The highest BCUT2D eigenvalue weighted by atomic mass is 32.2. The van der Waals surface area contributed by atoms with Crippen molar-refractivity contribution in [1.82, 2.24) is 4.98 Å². The maximum absolute atomic E-state index is 10.9. The van der Waals surface area contributed by atoms with Crippen molar-refractivity contribution in [2.24, 2.45) is 0 Å². The molecule has 0 fully saturated rings. The second-order valence-corrected chi connectivity index (χ2v) is 5.53. The zero-order valence-corrected chi connectivity index (χ0v) is 11.0. The van der Waals surface area contributed by atoms with Crippen LogP contribution in [0.1, 0.15) is 10.4 Å². The van der Waals surface area contributed by atoms with E-state index in [0.717, 1.165) is 10.1 Å². The van der Waals surface area contributed by atoms with Crippen LogP contribution in [0.25, 0.3) is 0 Å². The van der Waals surface area contributed by atoms with Crippen molar-refractivity contribution < 1.29 is 14.6 Å². The summed E-state index contributed by atoms with van der Waals surface area (Å²) in [6.07, 6.45) is 1.76. The molecule has 2 aromatic rings. The summed E-state index contributed by atoms with van der Waals surface area (Å²) in [4.78, 5) is 15.1. The van der Waals surface area contributed by atoms with Crippen molar-refractivity contribution in [2.75, 3.05) is 12.4 Å². The molecular formula is C12H11NO3S2. The van der Waals surface area contributed by atoms with Crippen LogP contribution in [0.5, 0.6) is 5.75 Å². The molecule has 2 rings (SSSR count). The molecule has 1 heterocycles. The van der Waals surface area contributed by atoms with Gasteiger partial charge < -0.3 is 9.84 Å². The van der Waals surface area contributed by atoms with Gasteiger partial charge in [-0.1, -0.05) is 23.9 Å². The fourth-order valence-electron chi connectivity index (χ4n) is 1.33. The summed E-state index contributed by atoms with van der Waals surface area (Å²) in [5.74, 6) is 0.171. The Morgan fingerprint density at radius 3 is 3.00 bits per heavy atom. The van der Waals surface area contributed by atoms with Crippen molar-refractivity contribution in [3.63, 3.8) is 0 Å². The number of carboxylic acids is 1. The molecule has 0 unspecified atom stereocenters. The van der Waals surface area contributed by atoms with E-state index in [1.165, 1.54) is 6.07 Å². The van der Waals surface area contributed by atoms with Crippen LogP contribution >= 0.6 is 23.1 Å². The quantitative estimate of drug-likeness (QED) is 0.651. The van der Waals surface area contributed by atoms with Gasteiger partial charge in [-0.15, -0.1) is 11.3 Å². The number of aromatic nitrogens is 1. The van der Waals surface area contributed by atoms with Crippen molar-refractivity contribution in [3.8, 4) is 5.75 Å². The monoisotopic (exact) mass is 281 g/mol. The number of para-hydroxylation sites is 1. The maximum atomic E-state index is 10.9. The van der Waals surface area contributed by atoms with E-state index in [4.69, 9.17) is 9.84 Å². The lowest BCUT2D eigenvalue weighted by Gasteiger charge is -2.07. The van der Waals surface area contributed by atoms with Crippen LogP contribution in [-0.4, -0.2) is 28.4 Å².